The minimum absolute atomic E-state index is 0.0556. The number of aromatic nitrogens is 2. The molecule has 2 atom stereocenters. The quantitative estimate of drug-likeness (QED) is 0.940. The molecule has 1 heterocycles. The van der Waals surface area contributed by atoms with Crippen LogP contribution in [0.2, 0.25) is 5.02 Å². The summed E-state index contributed by atoms with van der Waals surface area (Å²) in [6.45, 7) is 2.32. The van der Waals surface area contributed by atoms with Crippen molar-refractivity contribution in [2.45, 2.75) is 19.9 Å². The van der Waals surface area contributed by atoms with Crippen LogP contribution in [-0.2, 0) is 11.3 Å². The molecule has 2 aromatic rings. The van der Waals surface area contributed by atoms with Gasteiger partial charge < -0.3 is 9.84 Å². The Balaban J connectivity index is 1.63. The summed E-state index contributed by atoms with van der Waals surface area (Å²) >= 11 is 5.92. The van der Waals surface area contributed by atoms with Crippen LogP contribution in [0.5, 0.6) is 0 Å². The van der Waals surface area contributed by atoms with Crippen molar-refractivity contribution in [2.24, 2.45) is 11.8 Å². The number of hydrogen-bond donors (Lipinski definition) is 1. The zero-order chi connectivity index (χ0) is 14.1. The Morgan fingerprint density at radius 2 is 2.35 bits per heavy atom. The number of carbonyl (C=O) groups excluding carboxylic acids is 1. The Hall–Kier alpha value is -1.88. The van der Waals surface area contributed by atoms with Crippen LogP contribution in [0, 0.1) is 11.8 Å². The first-order chi connectivity index (χ1) is 9.63. The summed E-state index contributed by atoms with van der Waals surface area (Å²) in [5, 5.41) is 7.31. The van der Waals surface area contributed by atoms with E-state index in [0.29, 0.717) is 22.7 Å². The van der Waals surface area contributed by atoms with E-state index in [1.54, 1.807) is 12.1 Å². The molecule has 1 amide bonds. The van der Waals surface area contributed by atoms with Crippen LogP contribution in [0.25, 0.3) is 11.4 Å². The Morgan fingerprint density at radius 1 is 1.55 bits per heavy atom. The highest BCUT2D eigenvalue weighted by Gasteiger charge is 2.38. The maximum atomic E-state index is 11.7. The van der Waals surface area contributed by atoms with Crippen molar-refractivity contribution < 1.29 is 9.32 Å². The molecule has 0 aliphatic heterocycles. The lowest BCUT2D eigenvalue weighted by Gasteiger charge is -1.99. The van der Waals surface area contributed by atoms with Gasteiger partial charge in [0, 0.05) is 16.5 Å². The molecule has 1 N–H and O–H groups in total. The smallest absolute Gasteiger partial charge is 0.246 e. The van der Waals surface area contributed by atoms with Gasteiger partial charge in [0.25, 0.3) is 0 Å². The van der Waals surface area contributed by atoms with Gasteiger partial charge in [0.2, 0.25) is 17.6 Å². The van der Waals surface area contributed by atoms with Gasteiger partial charge in [0.05, 0.1) is 6.54 Å². The van der Waals surface area contributed by atoms with Crippen LogP contribution in [0.3, 0.4) is 0 Å². The van der Waals surface area contributed by atoms with Crippen LogP contribution in [0.1, 0.15) is 19.2 Å². The van der Waals surface area contributed by atoms with Gasteiger partial charge in [-0.05, 0) is 24.5 Å². The van der Waals surface area contributed by atoms with E-state index in [1.165, 1.54) is 0 Å². The minimum atomic E-state index is 0.0556. The topological polar surface area (TPSA) is 68.0 Å². The number of nitrogens with zero attached hydrogens (tertiary/aromatic N) is 2. The molecule has 20 heavy (non-hydrogen) atoms. The van der Waals surface area contributed by atoms with Gasteiger partial charge in [-0.15, -0.1) is 0 Å². The normalized spacial score (nSPS) is 20.7. The molecule has 0 saturated heterocycles. The largest absolute Gasteiger partial charge is 0.347 e. The van der Waals surface area contributed by atoms with E-state index >= 15 is 0 Å². The first-order valence-corrected chi connectivity index (χ1v) is 6.87. The number of carbonyl (C=O) groups is 1. The monoisotopic (exact) mass is 291 g/mol. The Morgan fingerprint density at radius 3 is 3.05 bits per heavy atom. The molecule has 1 aromatic carbocycles. The molecule has 0 unspecified atom stereocenters. The second kappa shape index (κ2) is 5.25. The molecule has 0 bridgehead atoms. The van der Waals surface area contributed by atoms with Gasteiger partial charge in [0.15, 0.2) is 0 Å². The second-order valence-electron chi connectivity index (χ2n) is 5.06. The van der Waals surface area contributed by atoms with Crippen molar-refractivity contribution in [2.75, 3.05) is 0 Å². The number of halogens is 1. The van der Waals surface area contributed by atoms with E-state index in [9.17, 15) is 4.79 Å². The predicted octanol–water partition coefficient (Wildman–Crippen LogP) is 2.66. The summed E-state index contributed by atoms with van der Waals surface area (Å²) in [4.78, 5) is 15.9. The fourth-order valence-electron chi connectivity index (χ4n) is 2.05. The van der Waals surface area contributed by atoms with E-state index < -0.39 is 0 Å². The fourth-order valence-corrected chi connectivity index (χ4v) is 2.24. The Kier molecular flexibility index (Phi) is 3.44. The molecule has 3 rings (SSSR count). The molecule has 1 fully saturated rings. The van der Waals surface area contributed by atoms with Crippen molar-refractivity contribution in [3.63, 3.8) is 0 Å². The summed E-state index contributed by atoms with van der Waals surface area (Å²) in [5.74, 6) is 1.54. The van der Waals surface area contributed by atoms with Gasteiger partial charge in [-0.2, -0.15) is 4.98 Å². The number of hydrogen-bond acceptors (Lipinski definition) is 4. The Bertz CT molecular complexity index is 641. The molecule has 1 saturated carbocycles. The average molecular weight is 292 g/mol. The predicted molar refractivity (Wildman–Crippen MR) is 73.9 cm³/mol. The van der Waals surface area contributed by atoms with E-state index in [-0.39, 0.29) is 18.4 Å². The van der Waals surface area contributed by atoms with Gasteiger partial charge in [-0.25, -0.2) is 0 Å². The number of nitrogens with one attached hydrogen (secondary N) is 1. The Labute approximate surface area is 121 Å². The fraction of sp³-hybridized carbons (Fsp3) is 0.357. The van der Waals surface area contributed by atoms with E-state index in [4.69, 9.17) is 16.1 Å². The summed E-state index contributed by atoms with van der Waals surface area (Å²) in [5.41, 5.74) is 0.787. The number of benzene rings is 1. The third kappa shape index (κ3) is 2.82. The van der Waals surface area contributed by atoms with Crippen LogP contribution in [0.15, 0.2) is 28.8 Å². The molecule has 6 heteroatoms. The van der Waals surface area contributed by atoms with Crippen molar-refractivity contribution in [3.05, 3.63) is 35.2 Å². The first-order valence-electron chi connectivity index (χ1n) is 6.49. The first kappa shape index (κ1) is 13.1. The zero-order valence-electron chi connectivity index (χ0n) is 11.0. The molecule has 1 aromatic heterocycles. The SMILES string of the molecule is C[C@H]1C[C@@H]1C(=O)NCc1nc(-c2cccc(Cl)c2)no1. The summed E-state index contributed by atoms with van der Waals surface area (Å²) in [6, 6.07) is 7.22. The summed E-state index contributed by atoms with van der Waals surface area (Å²) in [7, 11) is 0. The lowest BCUT2D eigenvalue weighted by Crippen LogP contribution is -2.24. The maximum absolute atomic E-state index is 11.7. The van der Waals surface area contributed by atoms with E-state index in [2.05, 4.69) is 22.4 Å². The van der Waals surface area contributed by atoms with Crippen LogP contribution >= 0.6 is 11.6 Å². The molecular weight excluding hydrogens is 278 g/mol. The third-order valence-electron chi connectivity index (χ3n) is 3.41. The molecule has 104 valence electrons. The average Bonchev–Trinajstić information content (AvgIpc) is 2.99. The van der Waals surface area contributed by atoms with E-state index in [1.807, 2.05) is 12.1 Å². The zero-order valence-corrected chi connectivity index (χ0v) is 11.7. The van der Waals surface area contributed by atoms with Crippen LogP contribution in [0.4, 0.5) is 0 Å². The van der Waals surface area contributed by atoms with Crippen LogP contribution in [-0.4, -0.2) is 16.0 Å². The number of amides is 1. The third-order valence-corrected chi connectivity index (χ3v) is 3.65. The summed E-state index contributed by atoms with van der Waals surface area (Å²) in [6.07, 6.45) is 0.962. The molecule has 1 aliphatic carbocycles. The van der Waals surface area contributed by atoms with Gasteiger partial charge in [0.1, 0.15) is 0 Å². The van der Waals surface area contributed by atoms with Crippen molar-refractivity contribution >= 4 is 17.5 Å². The summed E-state index contributed by atoms with van der Waals surface area (Å²) < 4.78 is 5.12. The molecular formula is C14H14ClN3O2. The highest BCUT2D eigenvalue weighted by atomic mass is 35.5. The maximum Gasteiger partial charge on any atom is 0.246 e. The number of rotatable bonds is 4. The van der Waals surface area contributed by atoms with Gasteiger partial charge >= 0.3 is 0 Å². The standard InChI is InChI=1S/C14H14ClN3O2/c1-8-5-11(8)14(19)16-7-12-17-13(18-20-12)9-3-2-4-10(15)6-9/h2-4,6,8,11H,5,7H2,1H3,(H,16,19)/t8-,11-/m0/s1. The van der Waals surface area contributed by atoms with Gasteiger partial charge in [-0.3, -0.25) is 4.79 Å². The second-order valence-corrected chi connectivity index (χ2v) is 5.50. The molecule has 5 nitrogen and oxygen atoms in total. The van der Waals surface area contributed by atoms with Crippen molar-refractivity contribution in [1.29, 1.82) is 0 Å². The molecule has 0 radical (unpaired) electrons. The van der Waals surface area contributed by atoms with E-state index in [0.717, 1.165) is 12.0 Å². The highest BCUT2D eigenvalue weighted by Crippen LogP contribution is 2.37. The molecule has 1 aliphatic rings. The van der Waals surface area contributed by atoms with Crippen LogP contribution < -0.4 is 5.32 Å². The lowest BCUT2D eigenvalue weighted by atomic mass is 10.2. The van der Waals surface area contributed by atoms with Crippen molar-refractivity contribution in [1.82, 2.24) is 15.5 Å². The highest BCUT2D eigenvalue weighted by molar-refractivity contribution is 6.30. The lowest BCUT2D eigenvalue weighted by molar-refractivity contribution is -0.122. The van der Waals surface area contributed by atoms with Gasteiger partial charge in [-0.1, -0.05) is 35.8 Å². The van der Waals surface area contributed by atoms with Crippen molar-refractivity contribution in [3.8, 4) is 11.4 Å². The minimum Gasteiger partial charge on any atom is -0.347 e. The molecule has 0 spiro atoms.